The maximum Gasteiger partial charge on any atom is 0.226 e. The van der Waals surface area contributed by atoms with Crippen LogP contribution in [0.5, 0.6) is 11.5 Å². The molecule has 1 saturated heterocycles. The van der Waals surface area contributed by atoms with Gasteiger partial charge in [-0.25, -0.2) is 0 Å². The Bertz CT molecular complexity index is 585. The molecule has 3 rings (SSSR count). The Morgan fingerprint density at radius 3 is 2.76 bits per heavy atom. The summed E-state index contributed by atoms with van der Waals surface area (Å²) in [5.74, 6) is 1.62. The molecule has 6 nitrogen and oxygen atoms in total. The smallest absolute Gasteiger partial charge is 0.226 e. The number of likely N-dealkylation sites (N-methyl/N-ethyl adjacent to an activating group) is 1. The van der Waals surface area contributed by atoms with Gasteiger partial charge in [-0.2, -0.15) is 0 Å². The van der Waals surface area contributed by atoms with Gasteiger partial charge in [0, 0.05) is 39.3 Å². The Kier molecular flexibility index (Phi) is 6.15. The Labute approximate surface area is 150 Å². The average Bonchev–Trinajstić information content (AvgIpc) is 2.67. The van der Waals surface area contributed by atoms with Crippen LogP contribution in [0.3, 0.4) is 0 Å². The lowest BCUT2D eigenvalue weighted by molar-refractivity contribution is -0.126. The van der Waals surface area contributed by atoms with Crippen LogP contribution < -0.4 is 14.8 Å². The van der Waals surface area contributed by atoms with Gasteiger partial charge in [0.1, 0.15) is 18.1 Å². The number of methoxy groups -OCH3 is 1. The molecule has 0 aromatic heterocycles. The molecule has 138 valence electrons. The molecule has 0 bridgehead atoms. The zero-order valence-corrected chi connectivity index (χ0v) is 15.3. The summed E-state index contributed by atoms with van der Waals surface area (Å²) in [6, 6.07) is 5.76. The summed E-state index contributed by atoms with van der Waals surface area (Å²) in [5.41, 5.74) is 1.04. The summed E-state index contributed by atoms with van der Waals surface area (Å²) in [6.45, 7) is 9.81. The number of nitrogens with zero attached hydrogens (tertiary/aromatic N) is 2. The van der Waals surface area contributed by atoms with Gasteiger partial charge in [-0.15, -0.1) is 0 Å². The van der Waals surface area contributed by atoms with E-state index in [0.29, 0.717) is 19.6 Å². The van der Waals surface area contributed by atoms with Crippen LogP contribution in [0.2, 0.25) is 0 Å². The second kappa shape index (κ2) is 8.54. The normalized spacial score (nSPS) is 21.3. The third-order valence-corrected chi connectivity index (χ3v) is 5.18. The molecule has 1 aromatic carbocycles. The number of nitrogens with one attached hydrogen (secondary N) is 1. The van der Waals surface area contributed by atoms with E-state index in [2.05, 4.69) is 22.0 Å². The SMILES string of the molecule is CCN1CCN(CCNC(=O)[C@@H]2COc3ccc(OC)cc3C2)CC1. The molecule has 2 heterocycles. The van der Waals surface area contributed by atoms with E-state index in [0.717, 1.165) is 56.3 Å². The second-order valence-corrected chi connectivity index (χ2v) is 6.75. The highest BCUT2D eigenvalue weighted by molar-refractivity contribution is 5.79. The number of benzene rings is 1. The first kappa shape index (κ1) is 18.0. The Morgan fingerprint density at radius 2 is 2.04 bits per heavy atom. The molecule has 1 N–H and O–H groups in total. The lowest BCUT2D eigenvalue weighted by atomic mass is 9.96. The van der Waals surface area contributed by atoms with Gasteiger partial charge in [0.15, 0.2) is 0 Å². The monoisotopic (exact) mass is 347 g/mol. The van der Waals surface area contributed by atoms with Crippen molar-refractivity contribution < 1.29 is 14.3 Å². The van der Waals surface area contributed by atoms with Crippen molar-refractivity contribution in [2.75, 3.05) is 59.5 Å². The molecule has 0 spiro atoms. The summed E-state index contributed by atoms with van der Waals surface area (Å²) in [4.78, 5) is 17.3. The fraction of sp³-hybridized carbons (Fsp3) is 0.632. The molecule has 0 aliphatic carbocycles. The third kappa shape index (κ3) is 4.64. The van der Waals surface area contributed by atoms with Crippen molar-refractivity contribution in [1.29, 1.82) is 0 Å². The number of hydrogen-bond donors (Lipinski definition) is 1. The zero-order valence-electron chi connectivity index (χ0n) is 15.3. The maximum atomic E-state index is 12.5. The summed E-state index contributed by atoms with van der Waals surface area (Å²) in [6.07, 6.45) is 0.702. The van der Waals surface area contributed by atoms with Crippen LogP contribution in [0, 0.1) is 5.92 Å². The summed E-state index contributed by atoms with van der Waals surface area (Å²) in [7, 11) is 1.65. The highest BCUT2D eigenvalue weighted by atomic mass is 16.5. The van der Waals surface area contributed by atoms with Crippen molar-refractivity contribution in [2.45, 2.75) is 13.3 Å². The minimum Gasteiger partial charge on any atom is -0.497 e. The van der Waals surface area contributed by atoms with E-state index < -0.39 is 0 Å². The topological polar surface area (TPSA) is 54.0 Å². The number of carbonyl (C=O) groups is 1. The Morgan fingerprint density at radius 1 is 1.28 bits per heavy atom. The molecule has 2 aliphatic heterocycles. The Hall–Kier alpha value is -1.79. The number of hydrogen-bond acceptors (Lipinski definition) is 5. The summed E-state index contributed by atoms with van der Waals surface area (Å²) >= 11 is 0. The number of amides is 1. The number of carbonyl (C=O) groups excluding carboxylic acids is 1. The van der Waals surface area contributed by atoms with Gasteiger partial charge in [-0.3, -0.25) is 9.69 Å². The van der Waals surface area contributed by atoms with Gasteiger partial charge in [-0.1, -0.05) is 6.92 Å². The second-order valence-electron chi connectivity index (χ2n) is 6.75. The lowest BCUT2D eigenvalue weighted by Crippen LogP contribution is -2.48. The molecule has 1 amide bonds. The standard InChI is InChI=1S/C19H29N3O3/c1-3-21-8-10-22(11-9-21)7-6-20-19(23)16-12-15-13-17(24-2)4-5-18(15)25-14-16/h4-5,13,16H,3,6-12,14H2,1-2H3,(H,20,23)/t16-/m0/s1. The van der Waals surface area contributed by atoms with Crippen molar-refractivity contribution in [3.63, 3.8) is 0 Å². The van der Waals surface area contributed by atoms with Crippen molar-refractivity contribution >= 4 is 5.91 Å². The van der Waals surface area contributed by atoms with Crippen LogP contribution in [0.25, 0.3) is 0 Å². The first-order chi connectivity index (χ1) is 12.2. The highest BCUT2D eigenvalue weighted by Crippen LogP contribution is 2.30. The first-order valence-corrected chi connectivity index (χ1v) is 9.21. The van der Waals surface area contributed by atoms with E-state index in [1.165, 1.54) is 0 Å². The molecule has 25 heavy (non-hydrogen) atoms. The average molecular weight is 347 g/mol. The molecule has 6 heteroatoms. The van der Waals surface area contributed by atoms with Gasteiger partial charge >= 0.3 is 0 Å². The van der Waals surface area contributed by atoms with E-state index in [1.54, 1.807) is 7.11 Å². The van der Waals surface area contributed by atoms with Gasteiger partial charge in [0.25, 0.3) is 0 Å². The van der Waals surface area contributed by atoms with E-state index in [9.17, 15) is 4.79 Å². The highest BCUT2D eigenvalue weighted by Gasteiger charge is 2.26. The van der Waals surface area contributed by atoms with Gasteiger partial charge in [0.2, 0.25) is 5.91 Å². The number of rotatable bonds is 6. The van der Waals surface area contributed by atoms with Gasteiger partial charge in [-0.05, 0) is 36.7 Å². The quantitative estimate of drug-likeness (QED) is 0.832. The van der Waals surface area contributed by atoms with Gasteiger partial charge in [0.05, 0.1) is 13.0 Å². The van der Waals surface area contributed by atoms with E-state index in [1.807, 2.05) is 18.2 Å². The number of fused-ring (bicyclic) bond motifs is 1. The lowest BCUT2D eigenvalue weighted by Gasteiger charge is -2.34. The molecular weight excluding hydrogens is 318 g/mol. The van der Waals surface area contributed by atoms with Crippen molar-refractivity contribution in [3.05, 3.63) is 23.8 Å². The number of ether oxygens (including phenoxy) is 2. The molecule has 0 radical (unpaired) electrons. The molecule has 1 atom stereocenters. The van der Waals surface area contributed by atoms with Crippen LogP contribution in [0.1, 0.15) is 12.5 Å². The number of piperazine rings is 1. The maximum absolute atomic E-state index is 12.5. The largest absolute Gasteiger partial charge is 0.497 e. The fourth-order valence-electron chi connectivity index (χ4n) is 3.48. The zero-order chi connectivity index (χ0) is 17.6. The molecule has 0 saturated carbocycles. The van der Waals surface area contributed by atoms with Crippen LogP contribution in [0.15, 0.2) is 18.2 Å². The van der Waals surface area contributed by atoms with E-state index in [4.69, 9.17) is 9.47 Å². The van der Waals surface area contributed by atoms with Crippen molar-refractivity contribution in [2.24, 2.45) is 5.92 Å². The van der Waals surface area contributed by atoms with Crippen LogP contribution in [0.4, 0.5) is 0 Å². The third-order valence-electron chi connectivity index (χ3n) is 5.18. The van der Waals surface area contributed by atoms with Crippen LogP contribution in [-0.4, -0.2) is 75.2 Å². The van der Waals surface area contributed by atoms with Crippen molar-refractivity contribution in [3.8, 4) is 11.5 Å². The molecule has 1 fully saturated rings. The predicted octanol–water partition coefficient (Wildman–Crippen LogP) is 1.00. The van der Waals surface area contributed by atoms with E-state index >= 15 is 0 Å². The molecule has 1 aromatic rings. The molecular formula is C19H29N3O3. The van der Waals surface area contributed by atoms with Crippen LogP contribution in [-0.2, 0) is 11.2 Å². The van der Waals surface area contributed by atoms with Gasteiger partial charge < -0.3 is 19.7 Å². The minimum absolute atomic E-state index is 0.0839. The van der Waals surface area contributed by atoms with E-state index in [-0.39, 0.29) is 11.8 Å². The van der Waals surface area contributed by atoms with Crippen molar-refractivity contribution in [1.82, 2.24) is 15.1 Å². The van der Waals surface area contributed by atoms with Crippen LogP contribution >= 0.6 is 0 Å². The fourth-order valence-corrected chi connectivity index (χ4v) is 3.48. The molecule has 2 aliphatic rings. The predicted molar refractivity (Wildman–Crippen MR) is 97.2 cm³/mol. The minimum atomic E-state index is -0.128. The first-order valence-electron chi connectivity index (χ1n) is 9.21. The summed E-state index contributed by atoms with van der Waals surface area (Å²) in [5, 5.41) is 3.08. The molecule has 0 unspecified atom stereocenters. The summed E-state index contributed by atoms with van der Waals surface area (Å²) < 4.78 is 11.0. The Balaban J connectivity index is 1.43.